The number of aliphatic hydroxyl groups is 2. The Hall–Kier alpha value is -2.37. The summed E-state index contributed by atoms with van der Waals surface area (Å²) in [6, 6.07) is 5.53. The molecule has 2 N–H and O–H groups in total. The topological polar surface area (TPSA) is 68.4 Å². The van der Waals surface area contributed by atoms with Crippen LogP contribution in [0.2, 0.25) is 5.02 Å². The number of hydrogen-bond donors (Lipinski definition) is 2. The monoisotopic (exact) mass is 455 g/mol. The molecule has 2 aromatic rings. The molecule has 0 atom stereocenters. The van der Waals surface area contributed by atoms with Crippen LogP contribution in [0.3, 0.4) is 0 Å². The molecular formula is C18H16ClF6N3O2. The van der Waals surface area contributed by atoms with E-state index in [2.05, 4.69) is 10.2 Å². The molecule has 164 valence electrons. The van der Waals surface area contributed by atoms with Gasteiger partial charge >= 0.3 is 12.4 Å². The van der Waals surface area contributed by atoms with Crippen LogP contribution in [-0.2, 0) is 12.4 Å². The third kappa shape index (κ3) is 6.07. The number of nitrogens with zero attached hydrogens (tertiary/aromatic N) is 3. The molecule has 0 unspecified atom stereocenters. The summed E-state index contributed by atoms with van der Waals surface area (Å²) in [7, 11) is 0. The molecule has 30 heavy (non-hydrogen) atoms. The molecule has 2 aromatic carbocycles. The largest absolute Gasteiger partial charge is 0.418 e. The number of anilines is 1. The van der Waals surface area contributed by atoms with Gasteiger partial charge in [0.2, 0.25) is 0 Å². The highest BCUT2D eigenvalue weighted by Crippen LogP contribution is 2.41. The first kappa shape index (κ1) is 23.9. The van der Waals surface area contributed by atoms with Gasteiger partial charge in [-0.15, -0.1) is 10.2 Å². The van der Waals surface area contributed by atoms with Crippen LogP contribution in [0.1, 0.15) is 11.1 Å². The van der Waals surface area contributed by atoms with Crippen LogP contribution in [0.5, 0.6) is 0 Å². The summed E-state index contributed by atoms with van der Waals surface area (Å²) in [6.07, 6.45) is -9.70. The van der Waals surface area contributed by atoms with E-state index in [-0.39, 0.29) is 37.0 Å². The summed E-state index contributed by atoms with van der Waals surface area (Å²) >= 11 is 5.56. The molecule has 0 aliphatic rings. The van der Waals surface area contributed by atoms with E-state index >= 15 is 0 Å². The first-order valence-electron chi connectivity index (χ1n) is 8.43. The highest BCUT2D eigenvalue weighted by molar-refractivity contribution is 6.30. The van der Waals surface area contributed by atoms with E-state index in [1.54, 1.807) is 0 Å². The van der Waals surface area contributed by atoms with Gasteiger partial charge in [-0.25, -0.2) is 0 Å². The van der Waals surface area contributed by atoms with Gasteiger partial charge in [-0.1, -0.05) is 11.6 Å². The predicted octanol–water partition coefficient (Wildman–Crippen LogP) is 5.58. The smallest absolute Gasteiger partial charge is 0.395 e. The summed E-state index contributed by atoms with van der Waals surface area (Å²) in [5, 5.41) is 24.6. The van der Waals surface area contributed by atoms with Crippen molar-refractivity contribution in [1.82, 2.24) is 0 Å². The summed E-state index contributed by atoms with van der Waals surface area (Å²) < 4.78 is 79.9. The third-order valence-electron chi connectivity index (χ3n) is 3.92. The molecule has 0 spiro atoms. The van der Waals surface area contributed by atoms with Crippen LogP contribution in [0.4, 0.5) is 43.4 Å². The Morgan fingerprint density at radius 2 is 1.23 bits per heavy atom. The molecule has 0 fully saturated rings. The third-order valence-corrected chi connectivity index (χ3v) is 4.16. The second-order valence-corrected chi connectivity index (χ2v) is 6.43. The van der Waals surface area contributed by atoms with Crippen LogP contribution in [-0.4, -0.2) is 36.5 Å². The Labute approximate surface area is 172 Å². The van der Waals surface area contributed by atoms with E-state index in [1.807, 2.05) is 0 Å². The van der Waals surface area contributed by atoms with E-state index in [0.29, 0.717) is 6.07 Å². The number of halogens is 7. The molecule has 0 saturated carbocycles. The number of aliphatic hydroxyl groups excluding tert-OH is 2. The van der Waals surface area contributed by atoms with Crippen molar-refractivity contribution in [3.63, 3.8) is 0 Å². The molecule has 12 heteroatoms. The second-order valence-electron chi connectivity index (χ2n) is 5.99. The Bertz CT molecular complexity index is 896. The van der Waals surface area contributed by atoms with Gasteiger partial charge in [0.25, 0.3) is 0 Å². The Morgan fingerprint density at radius 3 is 1.70 bits per heavy atom. The molecule has 0 aromatic heterocycles. The van der Waals surface area contributed by atoms with Gasteiger partial charge < -0.3 is 15.1 Å². The maximum Gasteiger partial charge on any atom is 0.418 e. The van der Waals surface area contributed by atoms with Crippen molar-refractivity contribution in [2.45, 2.75) is 12.4 Å². The van der Waals surface area contributed by atoms with E-state index in [9.17, 15) is 26.3 Å². The van der Waals surface area contributed by atoms with Crippen LogP contribution in [0, 0.1) is 0 Å². The minimum atomic E-state index is -4.87. The lowest BCUT2D eigenvalue weighted by molar-refractivity contribution is -0.138. The Balaban J connectivity index is 2.50. The number of rotatable bonds is 7. The van der Waals surface area contributed by atoms with Gasteiger partial charge in [0.1, 0.15) is 0 Å². The van der Waals surface area contributed by atoms with Gasteiger partial charge in [0.15, 0.2) is 0 Å². The summed E-state index contributed by atoms with van der Waals surface area (Å²) in [4.78, 5) is 1.32. The molecule has 0 bridgehead atoms. The molecule has 0 radical (unpaired) electrons. The number of azo groups is 1. The molecule has 0 aliphatic heterocycles. The lowest BCUT2D eigenvalue weighted by Crippen LogP contribution is -2.29. The lowest BCUT2D eigenvalue weighted by Gasteiger charge is -2.24. The van der Waals surface area contributed by atoms with Crippen LogP contribution >= 0.6 is 11.6 Å². The average Bonchev–Trinajstić information content (AvgIpc) is 2.65. The summed E-state index contributed by atoms with van der Waals surface area (Å²) in [5.74, 6) is 0. The fourth-order valence-corrected chi connectivity index (χ4v) is 2.75. The van der Waals surface area contributed by atoms with Crippen molar-refractivity contribution < 1.29 is 36.6 Å². The Kier molecular flexibility index (Phi) is 7.67. The van der Waals surface area contributed by atoms with Crippen molar-refractivity contribution in [1.29, 1.82) is 0 Å². The van der Waals surface area contributed by atoms with Gasteiger partial charge in [-0.3, -0.25) is 0 Å². The summed E-state index contributed by atoms with van der Waals surface area (Å²) in [6.45, 7) is -0.782. The first-order chi connectivity index (χ1) is 14.0. The zero-order valence-electron chi connectivity index (χ0n) is 15.2. The SMILES string of the molecule is OCCN(CCO)c1ccc(N=Nc2ccc(Cl)cc2C(F)(F)F)c(C(F)(F)F)c1. The number of hydrogen-bond acceptors (Lipinski definition) is 5. The number of benzene rings is 2. The highest BCUT2D eigenvalue weighted by atomic mass is 35.5. The second kappa shape index (κ2) is 9.63. The van der Waals surface area contributed by atoms with Crippen molar-refractivity contribution >= 4 is 28.7 Å². The van der Waals surface area contributed by atoms with Crippen LogP contribution in [0.25, 0.3) is 0 Å². The van der Waals surface area contributed by atoms with Gasteiger partial charge in [-0.2, -0.15) is 26.3 Å². The lowest BCUT2D eigenvalue weighted by atomic mass is 10.1. The van der Waals surface area contributed by atoms with Crippen molar-refractivity contribution in [3.8, 4) is 0 Å². The van der Waals surface area contributed by atoms with Crippen molar-refractivity contribution in [3.05, 3.63) is 52.5 Å². The molecule has 0 heterocycles. The average molecular weight is 456 g/mol. The van der Waals surface area contributed by atoms with Crippen LogP contribution in [0.15, 0.2) is 46.6 Å². The van der Waals surface area contributed by atoms with E-state index in [0.717, 1.165) is 24.3 Å². The normalized spacial score (nSPS) is 12.6. The molecule has 0 amide bonds. The van der Waals surface area contributed by atoms with E-state index in [4.69, 9.17) is 21.8 Å². The minimum Gasteiger partial charge on any atom is -0.395 e. The van der Waals surface area contributed by atoms with Gasteiger partial charge in [0, 0.05) is 23.8 Å². The Morgan fingerprint density at radius 1 is 0.767 bits per heavy atom. The number of alkyl halides is 6. The molecule has 5 nitrogen and oxygen atoms in total. The molecule has 0 aliphatic carbocycles. The molecule has 0 saturated heterocycles. The molecular weight excluding hydrogens is 440 g/mol. The maximum atomic E-state index is 13.5. The first-order valence-corrected chi connectivity index (χ1v) is 8.81. The van der Waals surface area contributed by atoms with Gasteiger partial charge in [0.05, 0.1) is 35.7 Å². The highest BCUT2D eigenvalue weighted by Gasteiger charge is 2.36. The summed E-state index contributed by atoms with van der Waals surface area (Å²) in [5.41, 5.74) is -3.80. The van der Waals surface area contributed by atoms with E-state index < -0.39 is 34.9 Å². The molecule has 2 rings (SSSR count). The fourth-order valence-electron chi connectivity index (χ4n) is 2.58. The quantitative estimate of drug-likeness (QED) is 0.423. The zero-order chi connectivity index (χ0) is 22.5. The van der Waals surface area contributed by atoms with Crippen molar-refractivity contribution in [2.24, 2.45) is 10.2 Å². The van der Waals surface area contributed by atoms with Crippen molar-refractivity contribution in [2.75, 3.05) is 31.2 Å². The van der Waals surface area contributed by atoms with Crippen LogP contribution < -0.4 is 4.90 Å². The standard InChI is InChI=1S/C18H16ClF6N3O2/c19-11-1-3-15(13(9-11)17(20,21)22)26-27-16-4-2-12(10-14(16)18(23,24)25)28(5-7-29)6-8-30/h1-4,9-10,29-30H,5-8H2. The van der Waals surface area contributed by atoms with E-state index in [1.165, 1.54) is 11.0 Å². The fraction of sp³-hybridized carbons (Fsp3) is 0.333. The maximum absolute atomic E-state index is 13.5. The predicted molar refractivity (Wildman–Crippen MR) is 98.5 cm³/mol. The zero-order valence-corrected chi connectivity index (χ0v) is 15.9. The minimum absolute atomic E-state index is 0.0293. The van der Waals surface area contributed by atoms with Gasteiger partial charge in [-0.05, 0) is 36.4 Å².